The van der Waals surface area contributed by atoms with Crippen LogP contribution in [0.3, 0.4) is 0 Å². The molecule has 4 nitrogen and oxygen atoms in total. The number of nitrogens with zero attached hydrogens (tertiary/aromatic N) is 1. The van der Waals surface area contributed by atoms with Gasteiger partial charge >= 0.3 is 5.97 Å². The lowest BCUT2D eigenvalue weighted by molar-refractivity contribution is -0.143. The maximum absolute atomic E-state index is 11.1. The molecule has 2 N–H and O–H groups in total. The average Bonchev–Trinajstić information content (AvgIpc) is 2.52. The van der Waals surface area contributed by atoms with Crippen LogP contribution in [0.4, 0.5) is 0 Å². The van der Waals surface area contributed by atoms with Gasteiger partial charge in [-0.2, -0.15) is 0 Å². The van der Waals surface area contributed by atoms with Crippen molar-refractivity contribution in [3.63, 3.8) is 0 Å². The normalized spacial score (nSPS) is 12.5. The van der Waals surface area contributed by atoms with Crippen molar-refractivity contribution in [3.8, 4) is 0 Å². The SMILES string of the molecule is CCOC(=O)CC(N)c1csc(C)n1. The van der Waals surface area contributed by atoms with Gasteiger partial charge in [-0.15, -0.1) is 11.3 Å². The molecule has 0 saturated heterocycles. The molecule has 0 aliphatic rings. The molecule has 14 heavy (non-hydrogen) atoms. The van der Waals surface area contributed by atoms with Crippen molar-refractivity contribution < 1.29 is 9.53 Å². The molecule has 0 saturated carbocycles. The lowest BCUT2D eigenvalue weighted by Crippen LogP contribution is -2.17. The average molecular weight is 214 g/mol. The number of hydrogen-bond acceptors (Lipinski definition) is 5. The number of esters is 1. The van der Waals surface area contributed by atoms with Gasteiger partial charge in [0.05, 0.1) is 29.8 Å². The summed E-state index contributed by atoms with van der Waals surface area (Å²) in [6.07, 6.45) is 0.191. The molecule has 1 rings (SSSR count). The Labute approximate surface area is 87.1 Å². The summed E-state index contributed by atoms with van der Waals surface area (Å²) in [7, 11) is 0. The van der Waals surface area contributed by atoms with Crippen molar-refractivity contribution in [2.24, 2.45) is 5.73 Å². The number of rotatable bonds is 4. The Hall–Kier alpha value is -0.940. The number of carbonyl (C=O) groups is 1. The molecule has 0 aliphatic heterocycles. The Balaban J connectivity index is 2.50. The maximum Gasteiger partial charge on any atom is 0.307 e. The first-order chi connectivity index (χ1) is 6.63. The van der Waals surface area contributed by atoms with E-state index in [4.69, 9.17) is 10.5 Å². The van der Waals surface area contributed by atoms with E-state index in [9.17, 15) is 4.79 Å². The van der Waals surface area contributed by atoms with E-state index in [2.05, 4.69) is 4.98 Å². The minimum absolute atomic E-state index is 0.191. The molecule has 1 aromatic rings. The zero-order chi connectivity index (χ0) is 10.6. The molecule has 0 amide bonds. The molecule has 0 bridgehead atoms. The third-order valence-corrected chi connectivity index (χ3v) is 2.50. The number of hydrogen-bond donors (Lipinski definition) is 1. The maximum atomic E-state index is 11.1. The number of nitrogens with two attached hydrogens (primary N) is 1. The fourth-order valence-electron chi connectivity index (χ4n) is 1.05. The molecular weight excluding hydrogens is 200 g/mol. The summed E-state index contributed by atoms with van der Waals surface area (Å²) in [5.74, 6) is -0.273. The fraction of sp³-hybridized carbons (Fsp3) is 0.556. The minimum atomic E-state index is -0.348. The van der Waals surface area contributed by atoms with Gasteiger partial charge in [0, 0.05) is 5.38 Å². The summed E-state index contributed by atoms with van der Waals surface area (Å²) >= 11 is 1.53. The highest BCUT2D eigenvalue weighted by Crippen LogP contribution is 2.17. The Kier molecular flexibility index (Phi) is 4.03. The first-order valence-corrected chi connectivity index (χ1v) is 5.34. The van der Waals surface area contributed by atoms with Crippen molar-refractivity contribution in [2.75, 3.05) is 6.61 Å². The molecule has 0 radical (unpaired) electrons. The van der Waals surface area contributed by atoms with Crippen molar-refractivity contribution in [2.45, 2.75) is 26.3 Å². The third-order valence-electron chi connectivity index (χ3n) is 1.71. The van der Waals surface area contributed by atoms with Crippen LogP contribution in [0.25, 0.3) is 0 Å². The van der Waals surface area contributed by atoms with Gasteiger partial charge in [0.2, 0.25) is 0 Å². The summed E-state index contributed by atoms with van der Waals surface area (Å²) in [6, 6.07) is -0.348. The van der Waals surface area contributed by atoms with E-state index in [1.807, 2.05) is 12.3 Å². The van der Waals surface area contributed by atoms with Gasteiger partial charge in [-0.3, -0.25) is 4.79 Å². The molecule has 78 valence electrons. The number of ether oxygens (including phenoxy) is 1. The molecule has 1 aromatic heterocycles. The van der Waals surface area contributed by atoms with Crippen molar-refractivity contribution >= 4 is 17.3 Å². The first kappa shape index (κ1) is 11.1. The lowest BCUT2D eigenvalue weighted by atomic mass is 10.2. The van der Waals surface area contributed by atoms with E-state index < -0.39 is 0 Å². The predicted octanol–water partition coefficient (Wildman–Crippen LogP) is 1.40. The molecule has 0 aromatic carbocycles. The van der Waals surface area contributed by atoms with Gasteiger partial charge in [-0.05, 0) is 13.8 Å². The number of thiazole rings is 1. The fourth-order valence-corrected chi connectivity index (χ4v) is 1.73. The van der Waals surface area contributed by atoms with Gasteiger partial charge in [-0.1, -0.05) is 0 Å². The summed E-state index contributed by atoms with van der Waals surface area (Å²) < 4.78 is 4.80. The zero-order valence-electron chi connectivity index (χ0n) is 8.32. The highest BCUT2D eigenvalue weighted by molar-refractivity contribution is 7.09. The number of carbonyl (C=O) groups excluding carboxylic acids is 1. The van der Waals surface area contributed by atoms with Gasteiger partial charge in [0.15, 0.2) is 0 Å². The second kappa shape index (κ2) is 5.07. The van der Waals surface area contributed by atoms with Crippen LogP contribution in [0, 0.1) is 6.92 Å². The van der Waals surface area contributed by atoms with Crippen molar-refractivity contribution in [1.82, 2.24) is 4.98 Å². The smallest absolute Gasteiger partial charge is 0.307 e. The quantitative estimate of drug-likeness (QED) is 0.769. The summed E-state index contributed by atoms with van der Waals surface area (Å²) in [4.78, 5) is 15.3. The van der Waals surface area contributed by atoms with Crippen LogP contribution in [0.5, 0.6) is 0 Å². The topological polar surface area (TPSA) is 65.2 Å². The Morgan fingerprint density at radius 3 is 3.00 bits per heavy atom. The Bertz CT molecular complexity index is 312. The Morgan fingerprint density at radius 2 is 2.50 bits per heavy atom. The summed E-state index contributed by atoms with van der Waals surface area (Å²) in [5, 5.41) is 2.83. The van der Waals surface area contributed by atoms with E-state index in [-0.39, 0.29) is 18.4 Å². The van der Waals surface area contributed by atoms with Crippen molar-refractivity contribution in [1.29, 1.82) is 0 Å². The molecule has 1 heterocycles. The molecule has 0 spiro atoms. The highest BCUT2D eigenvalue weighted by Gasteiger charge is 2.14. The second-order valence-corrected chi connectivity index (χ2v) is 3.97. The van der Waals surface area contributed by atoms with E-state index in [1.54, 1.807) is 6.92 Å². The van der Waals surface area contributed by atoms with E-state index >= 15 is 0 Å². The highest BCUT2D eigenvalue weighted by atomic mass is 32.1. The molecule has 1 atom stereocenters. The molecule has 5 heteroatoms. The molecular formula is C9H14N2O2S. The Morgan fingerprint density at radius 1 is 1.79 bits per heavy atom. The van der Waals surface area contributed by atoms with Crippen LogP contribution >= 0.6 is 11.3 Å². The lowest BCUT2D eigenvalue weighted by Gasteiger charge is -2.07. The summed E-state index contributed by atoms with van der Waals surface area (Å²) in [6.45, 7) is 4.07. The van der Waals surface area contributed by atoms with Crippen LogP contribution in [-0.2, 0) is 9.53 Å². The molecule has 1 unspecified atom stereocenters. The first-order valence-electron chi connectivity index (χ1n) is 4.46. The van der Waals surface area contributed by atoms with E-state index in [1.165, 1.54) is 11.3 Å². The van der Waals surface area contributed by atoms with Gasteiger partial charge < -0.3 is 10.5 Å². The monoisotopic (exact) mass is 214 g/mol. The van der Waals surface area contributed by atoms with Crippen LogP contribution in [0.2, 0.25) is 0 Å². The van der Waals surface area contributed by atoms with Gasteiger partial charge in [-0.25, -0.2) is 4.98 Å². The van der Waals surface area contributed by atoms with E-state index in [0.717, 1.165) is 10.7 Å². The van der Waals surface area contributed by atoms with Crippen LogP contribution in [0.1, 0.15) is 30.1 Å². The molecule has 0 fully saturated rings. The predicted molar refractivity (Wildman–Crippen MR) is 55.0 cm³/mol. The van der Waals surface area contributed by atoms with E-state index in [0.29, 0.717) is 6.61 Å². The minimum Gasteiger partial charge on any atom is -0.466 e. The summed E-state index contributed by atoms with van der Waals surface area (Å²) in [5.41, 5.74) is 6.55. The van der Waals surface area contributed by atoms with Crippen molar-refractivity contribution in [3.05, 3.63) is 16.1 Å². The van der Waals surface area contributed by atoms with Crippen LogP contribution < -0.4 is 5.73 Å². The number of aromatic nitrogens is 1. The second-order valence-electron chi connectivity index (χ2n) is 2.91. The standard InChI is InChI=1S/C9H14N2O2S/c1-3-13-9(12)4-7(10)8-5-14-6(2)11-8/h5,7H,3-4,10H2,1-2H3. The van der Waals surface area contributed by atoms with Gasteiger partial charge in [0.1, 0.15) is 0 Å². The largest absolute Gasteiger partial charge is 0.466 e. The number of aryl methyl sites for hydroxylation is 1. The third kappa shape index (κ3) is 3.08. The van der Waals surface area contributed by atoms with Crippen LogP contribution in [-0.4, -0.2) is 17.6 Å². The zero-order valence-corrected chi connectivity index (χ0v) is 9.13. The van der Waals surface area contributed by atoms with Gasteiger partial charge in [0.25, 0.3) is 0 Å². The molecule has 0 aliphatic carbocycles. The van der Waals surface area contributed by atoms with Crippen LogP contribution in [0.15, 0.2) is 5.38 Å².